The molecule has 2 aliphatic rings. The maximum absolute atomic E-state index is 13.5. The van der Waals surface area contributed by atoms with Crippen LogP contribution in [0.4, 0.5) is 14.5 Å². The van der Waals surface area contributed by atoms with Crippen molar-refractivity contribution in [3.63, 3.8) is 0 Å². The van der Waals surface area contributed by atoms with Crippen molar-refractivity contribution < 1.29 is 13.6 Å². The zero-order valence-corrected chi connectivity index (χ0v) is 19.0. The van der Waals surface area contributed by atoms with E-state index >= 15 is 0 Å². The summed E-state index contributed by atoms with van der Waals surface area (Å²) in [6.45, 7) is 7.49. The van der Waals surface area contributed by atoms with E-state index in [1.165, 1.54) is 0 Å². The van der Waals surface area contributed by atoms with E-state index in [2.05, 4.69) is 33.4 Å². The molecule has 1 aliphatic heterocycles. The molecule has 1 saturated carbocycles. The van der Waals surface area contributed by atoms with Gasteiger partial charge in [0.2, 0.25) is 5.92 Å². The minimum absolute atomic E-state index is 0.191. The highest BCUT2D eigenvalue weighted by Gasteiger charge is 2.37. The number of amides is 1. The van der Waals surface area contributed by atoms with Gasteiger partial charge in [-0.25, -0.2) is 8.78 Å². The lowest BCUT2D eigenvalue weighted by Gasteiger charge is -2.30. The molecule has 1 atom stereocenters. The van der Waals surface area contributed by atoms with Gasteiger partial charge in [0.1, 0.15) is 0 Å². The molecule has 1 aromatic carbocycles. The SMILES string of the molecule is Cc1cc(C)cc(-c2cncc(C(=O)NC3CCC(F)(F)CC3)c2N2CC[C@](C)(N)C2)c1. The van der Waals surface area contributed by atoms with Crippen molar-refractivity contribution in [3.8, 4) is 11.1 Å². The smallest absolute Gasteiger partial charge is 0.255 e. The van der Waals surface area contributed by atoms with E-state index in [1.54, 1.807) is 12.4 Å². The number of anilines is 1. The summed E-state index contributed by atoms with van der Waals surface area (Å²) in [5, 5.41) is 2.99. The molecule has 1 aliphatic carbocycles. The second kappa shape index (κ2) is 8.43. The lowest BCUT2D eigenvalue weighted by atomic mass is 9.92. The van der Waals surface area contributed by atoms with Crippen molar-refractivity contribution in [2.75, 3.05) is 18.0 Å². The number of aromatic nitrogens is 1. The van der Waals surface area contributed by atoms with E-state index in [0.717, 1.165) is 40.9 Å². The largest absolute Gasteiger partial charge is 0.368 e. The molecule has 5 nitrogen and oxygen atoms in total. The molecule has 2 heterocycles. The fourth-order valence-electron chi connectivity index (χ4n) is 4.92. The molecule has 0 unspecified atom stereocenters. The van der Waals surface area contributed by atoms with Gasteiger partial charge < -0.3 is 16.0 Å². The Hall–Kier alpha value is -2.54. The van der Waals surface area contributed by atoms with Gasteiger partial charge in [-0.15, -0.1) is 0 Å². The van der Waals surface area contributed by atoms with Gasteiger partial charge in [-0.2, -0.15) is 0 Å². The number of hydrogen-bond acceptors (Lipinski definition) is 4. The molecule has 32 heavy (non-hydrogen) atoms. The van der Waals surface area contributed by atoms with Crippen LogP contribution in [0.15, 0.2) is 30.6 Å². The monoisotopic (exact) mass is 442 g/mol. The maximum atomic E-state index is 13.5. The average molecular weight is 443 g/mol. The third kappa shape index (κ3) is 4.93. The van der Waals surface area contributed by atoms with Crippen molar-refractivity contribution >= 4 is 11.6 Å². The van der Waals surface area contributed by atoms with Gasteiger partial charge in [-0.3, -0.25) is 9.78 Å². The van der Waals surface area contributed by atoms with Crippen LogP contribution in [0.3, 0.4) is 0 Å². The Morgan fingerprint density at radius 3 is 2.38 bits per heavy atom. The Balaban J connectivity index is 1.71. The number of alkyl halides is 2. The molecule has 7 heteroatoms. The fraction of sp³-hybridized carbons (Fsp3) is 0.520. The number of nitrogens with zero attached hydrogens (tertiary/aromatic N) is 2. The molecule has 1 amide bonds. The standard InChI is InChI=1S/C25H32F2N4O/c1-16-10-17(2)12-18(11-16)20-13-29-14-21(22(20)31-9-8-24(3,28)15-31)23(32)30-19-4-6-25(26,27)7-5-19/h10-14,19H,4-9,15,28H2,1-3H3,(H,30,32)/t24-/m0/s1. The summed E-state index contributed by atoms with van der Waals surface area (Å²) in [5.41, 5.74) is 11.5. The number of aryl methyl sites for hydroxylation is 2. The molecule has 2 fully saturated rings. The Kier molecular flexibility index (Phi) is 5.96. The number of rotatable bonds is 4. The first-order chi connectivity index (χ1) is 15.0. The van der Waals surface area contributed by atoms with Crippen molar-refractivity contribution in [3.05, 3.63) is 47.3 Å². The molecule has 2 aromatic rings. The predicted octanol–water partition coefficient (Wildman–Crippen LogP) is 4.60. The second-order valence-corrected chi connectivity index (χ2v) is 9.89. The Bertz CT molecular complexity index is 991. The molecule has 4 rings (SSSR count). The van der Waals surface area contributed by atoms with E-state index in [0.29, 0.717) is 12.1 Å². The van der Waals surface area contributed by atoms with Crippen LogP contribution in [0.1, 0.15) is 60.5 Å². The minimum atomic E-state index is -2.63. The molecule has 1 saturated heterocycles. The summed E-state index contributed by atoms with van der Waals surface area (Å²) in [6, 6.07) is 6.05. The Morgan fingerprint density at radius 1 is 1.12 bits per heavy atom. The number of nitrogens with two attached hydrogens (primary N) is 1. The van der Waals surface area contributed by atoms with Crippen molar-refractivity contribution in [2.24, 2.45) is 5.73 Å². The highest BCUT2D eigenvalue weighted by Crippen LogP contribution is 2.38. The minimum Gasteiger partial charge on any atom is -0.368 e. The van der Waals surface area contributed by atoms with Crippen LogP contribution in [0, 0.1) is 13.8 Å². The average Bonchev–Trinajstić information content (AvgIpc) is 3.07. The Morgan fingerprint density at radius 2 is 1.78 bits per heavy atom. The van der Waals surface area contributed by atoms with Gasteiger partial charge in [-0.1, -0.05) is 29.3 Å². The normalized spacial score (nSPS) is 23.4. The topological polar surface area (TPSA) is 71.2 Å². The first-order valence-corrected chi connectivity index (χ1v) is 11.3. The van der Waals surface area contributed by atoms with E-state index in [9.17, 15) is 13.6 Å². The molecule has 0 radical (unpaired) electrons. The van der Waals surface area contributed by atoms with Gasteiger partial charge in [0.25, 0.3) is 5.91 Å². The van der Waals surface area contributed by atoms with Crippen molar-refractivity contribution in [1.29, 1.82) is 0 Å². The van der Waals surface area contributed by atoms with Crippen LogP contribution in [-0.4, -0.2) is 41.5 Å². The highest BCUT2D eigenvalue weighted by atomic mass is 19.3. The van der Waals surface area contributed by atoms with Crippen LogP contribution < -0.4 is 16.0 Å². The van der Waals surface area contributed by atoms with Gasteiger partial charge >= 0.3 is 0 Å². The number of carbonyl (C=O) groups is 1. The number of carbonyl (C=O) groups excluding carboxylic acids is 1. The summed E-state index contributed by atoms with van der Waals surface area (Å²) < 4.78 is 27.1. The second-order valence-electron chi connectivity index (χ2n) is 9.89. The number of pyridine rings is 1. The zero-order valence-electron chi connectivity index (χ0n) is 19.0. The van der Waals surface area contributed by atoms with Crippen molar-refractivity contribution in [1.82, 2.24) is 10.3 Å². The summed E-state index contributed by atoms with van der Waals surface area (Å²) in [7, 11) is 0. The van der Waals surface area contributed by atoms with Crippen molar-refractivity contribution in [2.45, 2.75) is 70.4 Å². The molecule has 0 spiro atoms. The molecule has 1 aromatic heterocycles. The zero-order chi connectivity index (χ0) is 23.1. The first kappa shape index (κ1) is 22.6. The van der Waals surface area contributed by atoms with Crippen LogP contribution in [-0.2, 0) is 0 Å². The third-order valence-corrected chi connectivity index (χ3v) is 6.57. The first-order valence-electron chi connectivity index (χ1n) is 11.3. The van der Waals surface area contributed by atoms with E-state index < -0.39 is 5.92 Å². The summed E-state index contributed by atoms with van der Waals surface area (Å²) in [6.07, 6.45) is 4.38. The lowest BCUT2D eigenvalue weighted by Crippen LogP contribution is -2.42. The van der Waals surface area contributed by atoms with Crippen LogP contribution in [0.25, 0.3) is 11.1 Å². The van der Waals surface area contributed by atoms with Crippen LogP contribution in [0.5, 0.6) is 0 Å². The number of nitrogens with one attached hydrogen (secondary N) is 1. The van der Waals surface area contributed by atoms with Crippen LogP contribution >= 0.6 is 0 Å². The highest BCUT2D eigenvalue weighted by molar-refractivity contribution is 6.03. The van der Waals surface area contributed by atoms with E-state index in [-0.39, 0.29) is 43.2 Å². The molecule has 3 N–H and O–H groups in total. The Labute approximate surface area is 188 Å². The van der Waals surface area contributed by atoms with E-state index in [4.69, 9.17) is 5.73 Å². The molecular formula is C25H32F2N4O. The summed E-state index contributed by atoms with van der Waals surface area (Å²) in [4.78, 5) is 19.9. The number of hydrogen-bond donors (Lipinski definition) is 2. The summed E-state index contributed by atoms with van der Waals surface area (Å²) in [5.74, 6) is -2.89. The maximum Gasteiger partial charge on any atom is 0.255 e. The van der Waals surface area contributed by atoms with Gasteiger partial charge in [0, 0.05) is 55.5 Å². The molecule has 0 bridgehead atoms. The lowest BCUT2D eigenvalue weighted by molar-refractivity contribution is -0.0399. The fourth-order valence-corrected chi connectivity index (χ4v) is 4.92. The molecular weight excluding hydrogens is 410 g/mol. The van der Waals surface area contributed by atoms with Gasteiger partial charge in [0.05, 0.1) is 11.3 Å². The van der Waals surface area contributed by atoms with E-state index in [1.807, 2.05) is 20.8 Å². The third-order valence-electron chi connectivity index (χ3n) is 6.57. The molecule has 172 valence electrons. The van der Waals surface area contributed by atoms with Gasteiger partial charge in [0.15, 0.2) is 0 Å². The number of benzene rings is 1. The number of halogens is 2. The van der Waals surface area contributed by atoms with Crippen LogP contribution in [0.2, 0.25) is 0 Å². The predicted molar refractivity (Wildman–Crippen MR) is 123 cm³/mol. The summed E-state index contributed by atoms with van der Waals surface area (Å²) >= 11 is 0. The quantitative estimate of drug-likeness (QED) is 0.726. The van der Waals surface area contributed by atoms with Gasteiger partial charge in [-0.05, 0) is 45.6 Å².